The number of nitrogens with zero attached hydrogens (tertiary/aromatic N) is 1. The molecule has 3 unspecified atom stereocenters. The Balaban J connectivity index is 1.27. The Morgan fingerprint density at radius 2 is 1.97 bits per heavy atom. The Labute approximate surface area is 175 Å². The van der Waals surface area contributed by atoms with E-state index >= 15 is 0 Å². The number of benzene rings is 2. The molecule has 0 bridgehead atoms. The average molecular weight is 415 g/mol. The molecule has 2 amide bonds. The summed E-state index contributed by atoms with van der Waals surface area (Å²) in [6.45, 7) is 2.38. The van der Waals surface area contributed by atoms with E-state index in [2.05, 4.69) is 22.8 Å². The van der Waals surface area contributed by atoms with Crippen LogP contribution in [0.25, 0.3) is 0 Å². The second kappa shape index (κ2) is 9.43. The van der Waals surface area contributed by atoms with Crippen molar-refractivity contribution in [3.8, 4) is 0 Å². The van der Waals surface area contributed by atoms with Crippen LogP contribution in [0.1, 0.15) is 30.9 Å². The van der Waals surface area contributed by atoms with Crippen LogP contribution in [0.15, 0.2) is 48.5 Å². The van der Waals surface area contributed by atoms with Gasteiger partial charge in [-0.3, -0.25) is 0 Å². The molecule has 2 aliphatic rings. The number of ether oxygens (including phenoxy) is 1. The fourth-order valence-corrected chi connectivity index (χ4v) is 4.36. The van der Waals surface area contributed by atoms with Crippen molar-refractivity contribution >= 4 is 11.7 Å². The molecule has 2 N–H and O–H groups in total. The van der Waals surface area contributed by atoms with Gasteiger partial charge in [-0.1, -0.05) is 30.3 Å². The van der Waals surface area contributed by atoms with Crippen LogP contribution in [0, 0.1) is 17.6 Å². The van der Waals surface area contributed by atoms with Gasteiger partial charge in [0.2, 0.25) is 0 Å². The van der Waals surface area contributed by atoms with Crippen LogP contribution < -0.4 is 15.5 Å². The van der Waals surface area contributed by atoms with Crippen molar-refractivity contribution < 1.29 is 18.3 Å². The van der Waals surface area contributed by atoms with Crippen LogP contribution in [-0.4, -0.2) is 38.3 Å². The van der Waals surface area contributed by atoms with Crippen molar-refractivity contribution in [1.82, 2.24) is 10.6 Å². The summed E-state index contributed by atoms with van der Waals surface area (Å²) in [5.74, 6) is -0.949. The predicted molar refractivity (Wildman–Crippen MR) is 111 cm³/mol. The summed E-state index contributed by atoms with van der Waals surface area (Å²) < 4.78 is 33.1. The van der Waals surface area contributed by atoms with Crippen LogP contribution >= 0.6 is 0 Å². The molecule has 0 radical (unpaired) electrons. The van der Waals surface area contributed by atoms with E-state index in [1.54, 1.807) is 0 Å². The van der Waals surface area contributed by atoms with Gasteiger partial charge in [-0.15, -0.1) is 0 Å². The number of halogens is 2. The van der Waals surface area contributed by atoms with E-state index in [-0.39, 0.29) is 24.1 Å². The molecule has 2 aliphatic heterocycles. The molecule has 2 heterocycles. The summed E-state index contributed by atoms with van der Waals surface area (Å²) in [5.41, 5.74) is 1.50. The summed E-state index contributed by atoms with van der Waals surface area (Å²) in [7, 11) is 0. The molecule has 2 fully saturated rings. The first kappa shape index (κ1) is 20.6. The smallest absolute Gasteiger partial charge is 0.315 e. The number of hydrogen-bond donors (Lipinski definition) is 2. The summed E-state index contributed by atoms with van der Waals surface area (Å²) >= 11 is 0. The topological polar surface area (TPSA) is 53.6 Å². The maximum Gasteiger partial charge on any atom is 0.315 e. The van der Waals surface area contributed by atoms with Gasteiger partial charge >= 0.3 is 6.03 Å². The minimum atomic E-state index is -0.593. The number of carbonyl (C=O) groups excluding carboxylic acids is 1. The number of anilines is 1. The van der Waals surface area contributed by atoms with Gasteiger partial charge in [-0.2, -0.15) is 0 Å². The van der Waals surface area contributed by atoms with Crippen molar-refractivity contribution in [3.05, 3.63) is 65.7 Å². The SMILES string of the molecule is O=C(NCC1CCCOC1c1ccccc1)NC1CCN(c2ccc(F)cc2F)C1. The van der Waals surface area contributed by atoms with Crippen molar-refractivity contribution in [2.45, 2.75) is 31.4 Å². The van der Waals surface area contributed by atoms with Gasteiger partial charge in [0, 0.05) is 44.3 Å². The first-order valence-electron chi connectivity index (χ1n) is 10.5. The fraction of sp³-hybridized carbons (Fsp3) is 0.435. The van der Waals surface area contributed by atoms with Crippen molar-refractivity contribution in [2.75, 3.05) is 31.1 Å². The largest absolute Gasteiger partial charge is 0.373 e. The first-order chi connectivity index (χ1) is 14.6. The van der Waals surface area contributed by atoms with Gasteiger partial charge in [0.05, 0.1) is 11.8 Å². The maximum absolute atomic E-state index is 14.0. The minimum absolute atomic E-state index is 0.0105. The van der Waals surface area contributed by atoms with Gasteiger partial charge in [-0.25, -0.2) is 13.6 Å². The average Bonchev–Trinajstić information content (AvgIpc) is 3.21. The highest BCUT2D eigenvalue weighted by atomic mass is 19.1. The summed E-state index contributed by atoms with van der Waals surface area (Å²) in [6, 6.07) is 13.4. The van der Waals surface area contributed by atoms with Gasteiger partial charge in [0.25, 0.3) is 0 Å². The molecule has 2 saturated heterocycles. The Hall–Kier alpha value is -2.67. The monoisotopic (exact) mass is 415 g/mol. The highest BCUT2D eigenvalue weighted by Crippen LogP contribution is 2.33. The normalized spacial score (nSPS) is 23.9. The molecule has 2 aromatic rings. The summed E-state index contributed by atoms with van der Waals surface area (Å²) in [6.07, 6.45) is 2.69. The number of amides is 2. The van der Waals surface area contributed by atoms with E-state index < -0.39 is 11.6 Å². The first-order valence-corrected chi connectivity index (χ1v) is 10.5. The van der Waals surface area contributed by atoms with Gasteiger partial charge < -0.3 is 20.3 Å². The highest BCUT2D eigenvalue weighted by molar-refractivity contribution is 5.74. The molecule has 4 rings (SSSR count). The second-order valence-corrected chi connectivity index (χ2v) is 7.99. The molecule has 0 spiro atoms. The van der Waals surface area contributed by atoms with E-state index in [1.807, 2.05) is 23.1 Å². The zero-order chi connectivity index (χ0) is 20.9. The van der Waals surface area contributed by atoms with Crippen LogP contribution in [-0.2, 0) is 4.74 Å². The van der Waals surface area contributed by atoms with E-state index in [0.717, 1.165) is 31.1 Å². The van der Waals surface area contributed by atoms with Crippen molar-refractivity contribution in [3.63, 3.8) is 0 Å². The third-order valence-corrected chi connectivity index (χ3v) is 5.87. The predicted octanol–water partition coefficient (Wildman–Crippen LogP) is 4.01. The molecule has 160 valence electrons. The molecular weight excluding hydrogens is 388 g/mol. The third-order valence-electron chi connectivity index (χ3n) is 5.87. The standard InChI is InChI=1S/C23H27F2N3O2/c24-18-8-9-21(20(25)13-18)28-11-10-19(15-28)27-23(29)26-14-17-7-4-12-30-22(17)16-5-2-1-3-6-16/h1-3,5-6,8-9,13,17,19,22H,4,7,10-12,14-15H2,(H2,26,27,29). The lowest BCUT2D eigenvalue weighted by Crippen LogP contribution is -2.45. The molecule has 0 aromatic heterocycles. The second-order valence-electron chi connectivity index (χ2n) is 7.99. The zero-order valence-corrected chi connectivity index (χ0v) is 16.8. The number of urea groups is 1. The number of nitrogens with one attached hydrogen (secondary N) is 2. The lowest BCUT2D eigenvalue weighted by atomic mass is 9.89. The van der Waals surface area contributed by atoms with Gasteiger partial charge in [0.15, 0.2) is 0 Å². The van der Waals surface area contributed by atoms with E-state index in [0.29, 0.717) is 31.7 Å². The Morgan fingerprint density at radius 1 is 1.13 bits per heavy atom. The zero-order valence-electron chi connectivity index (χ0n) is 16.8. The Morgan fingerprint density at radius 3 is 2.77 bits per heavy atom. The molecule has 3 atom stereocenters. The molecule has 7 heteroatoms. The van der Waals surface area contributed by atoms with E-state index in [4.69, 9.17) is 4.74 Å². The van der Waals surface area contributed by atoms with Crippen LogP contribution in [0.5, 0.6) is 0 Å². The number of hydrogen-bond acceptors (Lipinski definition) is 3. The molecule has 30 heavy (non-hydrogen) atoms. The molecule has 0 saturated carbocycles. The molecule has 2 aromatic carbocycles. The quantitative estimate of drug-likeness (QED) is 0.776. The van der Waals surface area contributed by atoms with Crippen LogP contribution in [0.2, 0.25) is 0 Å². The van der Waals surface area contributed by atoms with E-state index in [1.165, 1.54) is 12.1 Å². The lowest BCUT2D eigenvalue weighted by Gasteiger charge is -2.32. The van der Waals surface area contributed by atoms with Gasteiger partial charge in [0.1, 0.15) is 11.6 Å². The van der Waals surface area contributed by atoms with Crippen LogP contribution in [0.3, 0.4) is 0 Å². The fourth-order valence-electron chi connectivity index (χ4n) is 4.36. The Kier molecular flexibility index (Phi) is 6.47. The van der Waals surface area contributed by atoms with Crippen LogP contribution in [0.4, 0.5) is 19.3 Å². The van der Waals surface area contributed by atoms with Gasteiger partial charge in [-0.05, 0) is 37.0 Å². The third kappa shape index (κ3) is 4.90. The molecular formula is C23H27F2N3O2. The Bertz CT molecular complexity index is 865. The number of rotatable bonds is 5. The van der Waals surface area contributed by atoms with E-state index in [9.17, 15) is 13.6 Å². The summed E-state index contributed by atoms with van der Waals surface area (Å²) in [5, 5.41) is 5.95. The molecule has 5 nitrogen and oxygen atoms in total. The lowest BCUT2D eigenvalue weighted by molar-refractivity contribution is -0.0269. The maximum atomic E-state index is 14.0. The number of carbonyl (C=O) groups is 1. The minimum Gasteiger partial charge on any atom is -0.373 e. The van der Waals surface area contributed by atoms with Crippen molar-refractivity contribution in [1.29, 1.82) is 0 Å². The highest BCUT2D eigenvalue weighted by Gasteiger charge is 2.29. The van der Waals surface area contributed by atoms with Crippen molar-refractivity contribution in [2.24, 2.45) is 5.92 Å². The molecule has 0 aliphatic carbocycles. The summed E-state index contributed by atoms with van der Waals surface area (Å²) in [4.78, 5) is 14.3.